The molecule has 0 radical (unpaired) electrons. The highest BCUT2D eigenvalue weighted by Crippen LogP contribution is 2.27. The van der Waals surface area contributed by atoms with Crippen LogP contribution in [0.25, 0.3) is 23.0 Å². The van der Waals surface area contributed by atoms with E-state index < -0.39 is 11.1 Å². The van der Waals surface area contributed by atoms with E-state index in [1.165, 1.54) is 16.8 Å². The van der Waals surface area contributed by atoms with Crippen LogP contribution in [0, 0.1) is 5.82 Å². The van der Waals surface area contributed by atoms with E-state index in [2.05, 4.69) is 15.4 Å². The Hall–Kier alpha value is -3.00. The van der Waals surface area contributed by atoms with Crippen LogP contribution in [0.1, 0.15) is 5.56 Å². The number of hydrogen-bond acceptors (Lipinski definition) is 5. The normalized spacial score (nSPS) is 16.1. The lowest BCUT2D eigenvalue weighted by Gasteiger charge is -2.03. The van der Waals surface area contributed by atoms with Gasteiger partial charge in [0.25, 0.3) is 11.1 Å². The standard InChI is InChI=1S/C16H9FN4O2S/c17-11-4-2-1-3-10(11)12-5-6-21-14(19-12)9(8-18-21)7-13-15(22)20-16(23)24-13/h1-8H,(H,20,22,23). The van der Waals surface area contributed by atoms with Gasteiger partial charge in [-0.15, -0.1) is 0 Å². The summed E-state index contributed by atoms with van der Waals surface area (Å²) in [6.07, 6.45) is 4.75. The molecule has 0 unspecified atom stereocenters. The number of thioether (sulfide) groups is 1. The number of rotatable bonds is 2. The maximum absolute atomic E-state index is 14.0. The number of benzene rings is 1. The van der Waals surface area contributed by atoms with Gasteiger partial charge in [-0.25, -0.2) is 13.9 Å². The van der Waals surface area contributed by atoms with Crippen LogP contribution in [0.15, 0.2) is 47.6 Å². The molecule has 0 atom stereocenters. The summed E-state index contributed by atoms with van der Waals surface area (Å²) in [5.41, 5.74) is 1.87. The van der Waals surface area contributed by atoms with Crippen molar-refractivity contribution in [2.75, 3.05) is 0 Å². The third-order valence-corrected chi connectivity index (χ3v) is 4.29. The van der Waals surface area contributed by atoms with Crippen LogP contribution in [0.2, 0.25) is 0 Å². The molecule has 0 saturated carbocycles. The molecule has 2 amide bonds. The van der Waals surface area contributed by atoms with E-state index in [4.69, 9.17) is 0 Å². The van der Waals surface area contributed by atoms with Gasteiger partial charge in [-0.2, -0.15) is 5.10 Å². The molecule has 1 aromatic carbocycles. The van der Waals surface area contributed by atoms with Crippen molar-refractivity contribution in [1.82, 2.24) is 19.9 Å². The minimum atomic E-state index is -0.449. The summed E-state index contributed by atoms with van der Waals surface area (Å²) >= 11 is 0.820. The van der Waals surface area contributed by atoms with Crippen LogP contribution >= 0.6 is 11.8 Å². The number of fused-ring (bicyclic) bond motifs is 1. The fourth-order valence-corrected chi connectivity index (χ4v) is 3.04. The molecule has 2 aromatic heterocycles. The summed E-state index contributed by atoms with van der Waals surface area (Å²) in [6, 6.07) is 8.01. The molecule has 1 aliphatic rings. The topological polar surface area (TPSA) is 76.4 Å². The Bertz CT molecular complexity index is 1030. The highest BCUT2D eigenvalue weighted by molar-refractivity contribution is 8.18. The van der Waals surface area contributed by atoms with Crippen LogP contribution in [0.4, 0.5) is 9.18 Å². The fourth-order valence-electron chi connectivity index (χ4n) is 2.37. The Morgan fingerprint density at radius 3 is 2.79 bits per heavy atom. The summed E-state index contributed by atoms with van der Waals surface area (Å²) in [7, 11) is 0. The molecule has 1 N–H and O–H groups in total. The maximum atomic E-state index is 14.0. The lowest BCUT2D eigenvalue weighted by Crippen LogP contribution is -2.17. The van der Waals surface area contributed by atoms with Gasteiger partial charge in [0, 0.05) is 17.3 Å². The number of nitrogens with zero attached hydrogens (tertiary/aromatic N) is 3. The van der Waals surface area contributed by atoms with E-state index >= 15 is 0 Å². The van der Waals surface area contributed by atoms with E-state index in [-0.39, 0.29) is 10.7 Å². The van der Waals surface area contributed by atoms with Gasteiger partial charge < -0.3 is 0 Å². The van der Waals surface area contributed by atoms with Crippen molar-refractivity contribution in [3.8, 4) is 11.3 Å². The summed E-state index contributed by atoms with van der Waals surface area (Å²) in [6.45, 7) is 0. The Labute approximate surface area is 139 Å². The third kappa shape index (κ3) is 2.46. The van der Waals surface area contributed by atoms with Crippen LogP contribution in [-0.4, -0.2) is 25.7 Å². The zero-order valence-electron chi connectivity index (χ0n) is 12.1. The Morgan fingerprint density at radius 2 is 2.04 bits per heavy atom. The van der Waals surface area contributed by atoms with E-state index in [1.807, 2.05) is 0 Å². The summed E-state index contributed by atoms with van der Waals surface area (Å²) in [5.74, 6) is -0.820. The molecule has 4 rings (SSSR count). The zero-order valence-corrected chi connectivity index (χ0v) is 12.9. The molecule has 3 heterocycles. The summed E-state index contributed by atoms with van der Waals surface area (Å²) in [5, 5.41) is 5.93. The second-order valence-corrected chi connectivity index (χ2v) is 6.03. The average molecular weight is 340 g/mol. The minimum Gasteiger partial charge on any atom is -0.282 e. The van der Waals surface area contributed by atoms with Crippen molar-refractivity contribution < 1.29 is 14.0 Å². The van der Waals surface area contributed by atoms with Gasteiger partial charge in [0.15, 0.2) is 5.65 Å². The maximum Gasteiger partial charge on any atom is 0.290 e. The first-order chi connectivity index (χ1) is 11.6. The number of halogens is 1. The first-order valence-electron chi connectivity index (χ1n) is 6.96. The second kappa shape index (κ2) is 5.57. The predicted octanol–water partition coefficient (Wildman–Crippen LogP) is 2.86. The molecule has 3 aromatic rings. The Morgan fingerprint density at radius 1 is 1.21 bits per heavy atom. The molecule has 0 bridgehead atoms. The largest absolute Gasteiger partial charge is 0.290 e. The van der Waals surface area contributed by atoms with Gasteiger partial charge in [0.2, 0.25) is 0 Å². The highest BCUT2D eigenvalue weighted by Gasteiger charge is 2.25. The molecular weight excluding hydrogens is 331 g/mol. The summed E-state index contributed by atoms with van der Waals surface area (Å²) in [4.78, 5) is 27.6. The van der Waals surface area contributed by atoms with Gasteiger partial charge >= 0.3 is 0 Å². The van der Waals surface area contributed by atoms with Crippen molar-refractivity contribution in [2.45, 2.75) is 0 Å². The van der Waals surface area contributed by atoms with E-state index in [0.717, 1.165) is 11.8 Å². The molecule has 0 spiro atoms. The molecule has 118 valence electrons. The second-order valence-electron chi connectivity index (χ2n) is 5.01. The molecule has 8 heteroatoms. The van der Waals surface area contributed by atoms with Crippen LogP contribution in [0.5, 0.6) is 0 Å². The fraction of sp³-hybridized carbons (Fsp3) is 0. The van der Waals surface area contributed by atoms with E-state index in [1.54, 1.807) is 36.5 Å². The molecule has 24 heavy (non-hydrogen) atoms. The number of hydrogen-bond donors (Lipinski definition) is 1. The zero-order chi connectivity index (χ0) is 16.7. The van der Waals surface area contributed by atoms with Crippen molar-refractivity contribution in [3.63, 3.8) is 0 Å². The third-order valence-electron chi connectivity index (χ3n) is 3.47. The minimum absolute atomic E-state index is 0.271. The number of amides is 2. The van der Waals surface area contributed by atoms with Gasteiger partial charge in [0.1, 0.15) is 5.82 Å². The van der Waals surface area contributed by atoms with Gasteiger partial charge in [0.05, 0.1) is 16.8 Å². The SMILES string of the molecule is O=C1NC(=O)C(=Cc2cnn3ccc(-c4ccccc4F)nc23)S1. The molecular formula is C16H9FN4O2S. The van der Waals surface area contributed by atoms with Gasteiger partial charge in [-0.1, -0.05) is 12.1 Å². The van der Waals surface area contributed by atoms with Crippen molar-refractivity contribution >= 4 is 34.6 Å². The smallest absolute Gasteiger partial charge is 0.282 e. The first-order valence-corrected chi connectivity index (χ1v) is 7.77. The average Bonchev–Trinajstić information content (AvgIpc) is 3.11. The van der Waals surface area contributed by atoms with Crippen LogP contribution in [-0.2, 0) is 4.79 Å². The predicted molar refractivity (Wildman–Crippen MR) is 87.5 cm³/mol. The number of carbonyl (C=O) groups is 2. The van der Waals surface area contributed by atoms with Crippen LogP contribution < -0.4 is 5.32 Å². The Kier molecular flexibility index (Phi) is 3.39. The number of nitrogens with one attached hydrogen (secondary N) is 1. The van der Waals surface area contributed by atoms with Crippen LogP contribution in [0.3, 0.4) is 0 Å². The lowest BCUT2D eigenvalue weighted by molar-refractivity contribution is -0.115. The quantitative estimate of drug-likeness (QED) is 0.726. The van der Waals surface area contributed by atoms with Crippen molar-refractivity contribution in [2.24, 2.45) is 0 Å². The molecule has 1 aliphatic heterocycles. The molecule has 1 fully saturated rings. The number of aromatic nitrogens is 3. The van der Waals surface area contributed by atoms with E-state index in [9.17, 15) is 14.0 Å². The molecule has 0 aliphatic carbocycles. The van der Waals surface area contributed by atoms with Crippen molar-refractivity contribution in [3.05, 3.63) is 59.0 Å². The monoisotopic (exact) mass is 340 g/mol. The molecule has 1 saturated heterocycles. The highest BCUT2D eigenvalue weighted by atomic mass is 32.2. The number of imide groups is 1. The summed E-state index contributed by atoms with van der Waals surface area (Å²) < 4.78 is 15.5. The van der Waals surface area contributed by atoms with E-state index in [0.29, 0.717) is 22.5 Å². The van der Waals surface area contributed by atoms with Gasteiger partial charge in [-0.3, -0.25) is 14.9 Å². The number of carbonyl (C=O) groups excluding carboxylic acids is 2. The first kappa shape index (κ1) is 14.6. The van der Waals surface area contributed by atoms with Crippen molar-refractivity contribution in [1.29, 1.82) is 0 Å². The lowest BCUT2D eigenvalue weighted by atomic mass is 10.1. The Balaban J connectivity index is 1.83. The molecule has 6 nitrogen and oxygen atoms in total. The van der Waals surface area contributed by atoms with Gasteiger partial charge in [-0.05, 0) is 36.0 Å².